The minimum absolute atomic E-state index is 0.0593. The summed E-state index contributed by atoms with van der Waals surface area (Å²) >= 11 is 5.73. The summed E-state index contributed by atoms with van der Waals surface area (Å²) in [5.74, 6) is -0.286. The van der Waals surface area contributed by atoms with Crippen LogP contribution in [0.5, 0.6) is 5.75 Å². The van der Waals surface area contributed by atoms with Gasteiger partial charge in [0.2, 0.25) is 0 Å². The largest absolute Gasteiger partial charge is 0.506 e. The summed E-state index contributed by atoms with van der Waals surface area (Å²) in [6, 6.07) is 6.13. The highest BCUT2D eigenvalue weighted by atomic mass is 35.5. The van der Waals surface area contributed by atoms with E-state index in [0.717, 1.165) is 0 Å². The molecule has 0 aromatic heterocycles. The van der Waals surface area contributed by atoms with Crippen molar-refractivity contribution in [1.82, 2.24) is 4.90 Å². The predicted molar refractivity (Wildman–Crippen MR) is 64.9 cm³/mol. The first-order valence-corrected chi connectivity index (χ1v) is 5.47. The number of hydrogen-bond donors (Lipinski definition) is 1. The second-order valence-corrected chi connectivity index (χ2v) is 4.20. The predicted octanol–water partition coefficient (Wildman–Crippen LogP) is 2.42. The molecule has 0 aliphatic carbocycles. The third-order valence-corrected chi connectivity index (χ3v) is 2.87. The van der Waals surface area contributed by atoms with Crippen LogP contribution in [0.3, 0.4) is 0 Å². The Bertz CT molecular complexity index is 468. The van der Waals surface area contributed by atoms with Crippen LogP contribution in [0.25, 0.3) is 0 Å². The Hall–Kier alpha value is -1.73. The maximum absolute atomic E-state index is 12.0. The van der Waals surface area contributed by atoms with Gasteiger partial charge in [-0.15, -0.1) is 0 Å². The van der Waals surface area contributed by atoms with Gasteiger partial charge in [0.25, 0.3) is 5.91 Å². The molecule has 0 radical (unpaired) electrons. The van der Waals surface area contributed by atoms with Crippen molar-refractivity contribution in [3.63, 3.8) is 0 Å². The van der Waals surface area contributed by atoms with Crippen LogP contribution in [0.15, 0.2) is 18.2 Å². The summed E-state index contributed by atoms with van der Waals surface area (Å²) < 4.78 is 0. The quantitative estimate of drug-likeness (QED) is 0.899. The number of phenolic OH excluding ortho intramolecular Hbond substituents is 1. The smallest absolute Gasteiger partial charge is 0.253 e. The number of halogens is 1. The Morgan fingerprint density at radius 1 is 1.65 bits per heavy atom. The van der Waals surface area contributed by atoms with Crippen molar-refractivity contribution in [2.24, 2.45) is 0 Å². The van der Waals surface area contributed by atoms with E-state index in [9.17, 15) is 9.90 Å². The number of amides is 1. The highest BCUT2D eigenvalue weighted by Crippen LogP contribution is 2.24. The van der Waals surface area contributed by atoms with E-state index in [0.29, 0.717) is 5.56 Å². The monoisotopic (exact) mass is 252 g/mol. The standard InChI is InChI=1S/C12H13ClN2O2/c1-8(5-6-14)15(2)12(17)9-3-4-11(16)10(13)7-9/h3-4,7-8,16H,5H2,1-2H3. The van der Waals surface area contributed by atoms with Crippen molar-refractivity contribution in [1.29, 1.82) is 5.26 Å². The van der Waals surface area contributed by atoms with Crippen LogP contribution < -0.4 is 0 Å². The maximum Gasteiger partial charge on any atom is 0.253 e. The molecule has 17 heavy (non-hydrogen) atoms. The molecule has 0 aliphatic heterocycles. The molecule has 1 aromatic carbocycles. The molecular formula is C12H13ClN2O2. The van der Waals surface area contributed by atoms with Gasteiger partial charge in [0.15, 0.2) is 0 Å². The molecule has 0 fully saturated rings. The van der Waals surface area contributed by atoms with E-state index in [4.69, 9.17) is 16.9 Å². The second-order valence-electron chi connectivity index (χ2n) is 3.79. The zero-order valence-electron chi connectivity index (χ0n) is 9.64. The van der Waals surface area contributed by atoms with Crippen LogP contribution in [0.1, 0.15) is 23.7 Å². The summed E-state index contributed by atoms with van der Waals surface area (Å²) in [7, 11) is 1.63. The molecule has 0 aliphatic rings. The minimum atomic E-state index is -0.227. The van der Waals surface area contributed by atoms with Crippen molar-refractivity contribution in [3.05, 3.63) is 28.8 Å². The zero-order chi connectivity index (χ0) is 13.0. The first-order chi connectivity index (χ1) is 7.97. The molecule has 1 unspecified atom stereocenters. The van der Waals surface area contributed by atoms with Gasteiger partial charge in [0.1, 0.15) is 5.75 Å². The highest BCUT2D eigenvalue weighted by molar-refractivity contribution is 6.32. The van der Waals surface area contributed by atoms with E-state index in [1.165, 1.54) is 23.1 Å². The normalized spacial score (nSPS) is 11.6. The van der Waals surface area contributed by atoms with E-state index in [2.05, 4.69) is 0 Å². The Kier molecular flexibility index (Phi) is 4.36. The van der Waals surface area contributed by atoms with Crippen LogP contribution in [0, 0.1) is 11.3 Å². The number of carbonyl (C=O) groups is 1. The van der Waals surface area contributed by atoms with Crippen molar-refractivity contribution >= 4 is 17.5 Å². The van der Waals surface area contributed by atoms with Gasteiger partial charge in [-0.1, -0.05) is 11.6 Å². The molecule has 0 heterocycles. The molecule has 4 nitrogen and oxygen atoms in total. The summed E-state index contributed by atoms with van der Waals surface area (Å²) in [5, 5.41) is 18.0. The van der Waals surface area contributed by atoms with Gasteiger partial charge < -0.3 is 10.0 Å². The third-order valence-electron chi connectivity index (χ3n) is 2.56. The summed E-state index contributed by atoms with van der Waals surface area (Å²) in [4.78, 5) is 13.5. The van der Waals surface area contributed by atoms with Gasteiger partial charge in [-0.25, -0.2) is 0 Å². The van der Waals surface area contributed by atoms with Gasteiger partial charge in [-0.2, -0.15) is 5.26 Å². The number of hydrogen-bond acceptors (Lipinski definition) is 3. The molecule has 1 amide bonds. The average Bonchev–Trinajstić information content (AvgIpc) is 2.31. The van der Waals surface area contributed by atoms with Crippen molar-refractivity contribution in [2.45, 2.75) is 19.4 Å². The molecule has 0 saturated heterocycles. The molecule has 1 aromatic rings. The Balaban J connectivity index is 2.89. The zero-order valence-corrected chi connectivity index (χ0v) is 10.4. The molecule has 0 spiro atoms. The van der Waals surface area contributed by atoms with E-state index in [1.54, 1.807) is 14.0 Å². The maximum atomic E-state index is 12.0. The third kappa shape index (κ3) is 3.11. The average molecular weight is 253 g/mol. The van der Waals surface area contributed by atoms with E-state index < -0.39 is 0 Å². The SMILES string of the molecule is CC(CC#N)N(C)C(=O)c1ccc(O)c(Cl)c1. The van der Waals surface area contributed by atoms with Gasteiger partial charge in [0.05, 0.1) is 17.5 Å². The van der Waals surface area contributed by atoms with E-state index in [1.807, 2.05) is 6.07 Å². The fourth-order valence-corrected chi connectivity index (χ4v) is 1.49. The summed E-state index contributed by atoms with van der Waals surface area (Å²) in [6.07, 6.45) is 0.272. The molecule has 1 atom stereocenters. The van der Waals surface area contributed by atoms with Crippen LogP contribution in [-0.2, 0) is 0 Å². The molecule has 0 bridgehead atoms. The van der Waals surface area contributed by atoms with Gasteiger partial charge in [-0.3, -0.25) is 4.79 Å². The second kappa shape index (κ2) is 5.55. The number of carbonyl (C=O) groups excluding carboxylic acids is 1. The highest BCUT2D eigenvalue weighted by Gasteiger charge is 2.17. The number of nitrogens with zero attached hydrogens (tertiary/aromatic N) is 2. The lowest BCUT2D eigenvalue weighted by Crippen LogP contribution is -2.34. The van der Waals surface area contributed by atoms with Crippen molar-refractivity contribution in [3.8, 4) is 11.8 Å². The first-order valence-electron chi connectivity index (χ1n) is 5.10. The van der Waals surface area contributed by atoms with Crippen LogP contribution in [0.2, 0.25) is 5.02 Å². The first kappa shape index (κ1) is 13.3. The van der Waals surface area contributed by atoms with Crippen molar-refractivity contribution < 1.29 is 9.90 Å². The Labute approximate surface area is 105 Å². The van der Waals surface area contributed by atoms with Crippen molar-refractivity contribution in [2.75, 3.05) is 7.05 Å². The lowest BCUT2D eigenvalue weighted by Gasteiger charge is -2.23. The molecular weight excluding hydrogens is 240 g/mol. The van der Waals surface area contributed by atoms with Gasteiger partial charge >= 0.3 is 0 Å². The number of phenols is 1. The minimum Gasteiger partial charge on any atom is -0.506 e. The Morgan fingerprint density at radius 2 is 2.29 bits per heavy atom. The fourth-order valence-electron chi connectivity index (χ4n) is 1.31. The van der Waals surface area contributed by atoms with E-state index >= 15 is 0 Å². The lowest BCUT2D eigenvalue weighted by molar-refractivity contribution is 0.0746. The lowest BCUT2D eigenvalue weighted by atomic mass is 10.1. The van der Waals surface area contributed by atoms with Crippen LogP contribution in [-0.4, -0.2) is 29.0 Å². The number of aromatic hydroxyl groups is 1. The summed E-state index contributed by atoms with van der Waals surface area (Å²) in [5.41, 5.74) is 0.389. The number of benzene rings is 1. The molecule has 0 saturated carbocycles. The molecule has 1 rings (SSSR count). The van der Waals surface area contributed by atoms with Crippen LogP contribution in [0.4, 0.5) is 0 Å². The van der Waals surface area contributed by atoms with E-state index in [-0.39, 0.29) is 29.1 Å². The Morgan fingerprint density at radius 3 is 2.82 bits per heavy atom. The summed E-state index contributed by atoms with van der Waals surface area (Å²) in [6.45, 7) is 1.79. The number of nitriles is 1. The number of rotatable bonds is 3. The topological polar surface area (TPSA) is 64.3 Å². The fraction of sp³-hybridized carbons (Fsp3) is 0.333. The molecule has 5 heteroatoms. The molecule has 1 N–H and O–H groups in total. The van der Waals surface area contributed by atoms with Crippen LogP contribution >= 0.6 is 11.6 Å². The van der Waals surface area contributed by atoms with Gasteiger partial charge in [0, 0.05) is 18.7 Å². The van der Waals surface area contributed by atoms with Gasteiger partial charge in [-0.05, 0) is 25.1 Å². The molecule has 90 valence electrons.